The molecule has 1 atom stereocenters. The molecule has 0 bridgehead atoms. The van der Waals surface area contributed by atoms with Crippen LogP contribution >= 0.6 is 0 Å². The van der Waals surface area contributed by atoms with E-state index in [1.54, 1.807) is 24.3 Å². The standard InChI is InChI=1S/C28H27N3O5/c1-18-2-11-25-24(12-18)29-26-17-36-16-23(31(25)26)15-30(13-19-3-7-21(8-4-19)27(32)33)14-20-5-9-22(10-6-20)28(34)35/h2-12,23H,13-17H2,1H3,(H,32,33)(H,34,35)/t23-/m0/s1. The van der Waals surface area contributed by atoms with Gasteiger partial charge in [0, 0.05) is 19.6 Å². The number of hydrogen-bond acceptors (Lipinski definition) is 5. The van der Waals surface area contributed by atoms with Gasteiger partial charge in [0.2, 0.25) is 0 Å². The van der Waals surface area contributed by atoms with Crippen molar-refractivity contribution in [3.63, 3.8) is 0 Å². The molecule has 36 heavy (non-hydrogen) atoms. The molecular weight excluding hydrogens is 458 g/mol. The monoisotopic (exact) mass is 485 g/mol. The van der Waals surface area contributed by atoms with Crippen LogP contribution in [0.1, 0.15) is 49.3 Å². The molecule has 0 spiro atoms. The van der Waals surface area contributed by atoms with E-state index in [2.05, 4.69) is 34.6 Å². The SMILES string of the molecule is Cc1ccc2c(c1)nc1n2[C@@H](CN(Cc2ccc(C(=O)O)cc2)Cc2ccc(C(=O)O)cc2)COC1. The van der Waals surface area contributed by atoms with E-state index in [9.17, 15) is 19.8 Å². The highest BCUT2D eigenvalue weighted by Gasteiger charge is 2.26. The van der Waals surface area contributed by atoms with E-state index in [0.29, 0.717) is 32.8 Å². The van der Waals surface area contributed by atoms with Gasteiger partial charge in [-0.3, -0.25) is 4.90 Å². The molecule has 184 valence electrons. The molecule has 2 N–H and O–H groups in total. The third kappa shape index (κ3) is 5.00. The van der Waals surface area contributed by atoms with Gasteiger partial charge in [0.25, 0.3) is 0 Å². The third-order valence-electron chi connectivity index (χ3n) is 6.51. The number of rotatable bonds is 8. The molecule has 3 aromatic carbocycles. The highest BCUT2D eigenvalue weighted by Crippen LogP contribution is 2.28. The van der Waals surface area contributed by atoms with Crippen molar-refractivity contribution in [1.82, 2.24) is 14.5 Å². The quantitative estimate of drug-likeness (QED) is 0.378. The van der Waals surface area contributed by atoms with Gasteiger partial charge in [-0.05, 0) is 60.0 Å². The molecule has 8 nitrogen and oxygen atoms in total. The summed E-state index contributed by atoms with van der Waals surface area (Å²) in [5.41, 5.74) is 5.68. The number of imidazole rings is 1. The van der Waals surface area contributed by atoms with Gasteiger partial charge in [-0.15, -0.1) is 0 Å². The first-order valence-electron chi connectivity index (χ1n) is 11.8. The van der Waals surface area contributed by atoms with Crippen molar-refractivity contribution in [3.05, 3.63) is 100 Å². The Labute approximate surface area is 208 Å². The summed E-state index contributed by atoms with van der Waals surface area (Å²) in [4.78, 5) is 29.6. The van der Waals surface area contributed by atoms with Gasteiger partial charge in [-0.1, -0.05) is 30.3 Å². The second kappa shape index (κ2) is 9.93. The Bertz CT molecular complexity index is 1350. The smallest absolute Gasteiger partial charge is 0.335 e. The summed E-state index contributed by atoms with van der Waals surface area (Å²) < 4.78 is 8.18. The van der Waals surface area contributed by atoms with Crippen LogP contribution < -0.4 is 0 Å². The number of carbonyl (C=O) groups is 2. The number of fused-ring (bicyclic) bond motifs is 3. The summed E-state index contributed by atoms with van der Waals surface area (Å²) in [5, 5.41) is 18.5. The van der Waals surface area contributed by atoms with Gasteiger partial charge < -0.3 is 19.5 Å². The number of hydrogen-bond donors (Lipinski definition) is 2. The number of nitrogens with zero attached hydrogens (tertiary/aromatic N) is 3. The minimum atomic E-state index is -0.953. The van der Waals surface area contributed by atoms with Gasteiger partial charge in [0.05, 0.1) is 34.8 Å². The maximum atomic E-state index is 11.3. The van der Waals surface area contributed by atoms with Crippen LogP contribution in [0.25, 0.3) is 11.0 Å². The first-order chi connectivity index (χ1) is 17.4. The van der Waals surface area contributed by atoms with Crippen molar-refractivity contribution < 1.29 is 24.5 Å². The molecule has 5 rings (SSSR count). The summed E-state index contributed by atoms with van der Waals surface area (Å²) in [5.74, 6) is -1.000. The molecule has 1 aromatic heterocycles. The summed E-state index contributed by atoms with van der Waals surface area (Å²) in [6, 6.07) is 20.1. The van der Waals surface area contributed by atoms with Crippen molar-refractivity contribution in [2.24, 2.45) is 0 Å². The fourth-order valence-corrected chi connectivity index (χ4v) is 4.77. The molecule has 0 radical (unpaired) electrons. The molecule has 8 heteroatoms. The number of carboxylic acids is 2. The van der Waals surface area contributed by atoms with Crippen LogP contribution in [0.3, 0.4) is 0 Å². The minimum absolute atomic E-state index is 0.0399. The lowest BCUT2D eigenvalue weighted by molar-refractivity contribution is 0.0402. The molecule has 4 aromatic rings. The fraction of sp³-hybridized carbons (Fsp3) is 0.250. The lowest BCUT2D eigenvalue weighted by atomic mass is 10.1. The zero-order valence-corrected chi connectivity index (χ0v) is 19.9. The number of carboxylic acid groups (broad SMARTS) is 2. The summed E-state index contributed by atoms with van der Waals surface area (Å²) >= 11 is 0. The zero-order valence-electron chi connectivity index (χ0n) is 19.9. The lowest BCUT2D eigenvalue weighted by Crippen LogP contribution is -2.35. The van der Waals surface area contributed by atoms with Crippen LogP contribution in [0.15, 0.2) is 66.7 Å². The van der Waals surface area contributed by atoms with Gasteiger partial charge >= 0.3 is 11.9 Å². The van der Waals surface area contributed by atoms with E-state index < -0.39 is 11.9 Å². The highest BCUT2D eigenvalue weighted by molar-refractivity contribution is 5.88. The van der Waals surface area contributed by atoms with Crippen molar-refractivity contribution in [3.8, 4) is 0 Å². The van der Waals surface area contributed by atoms with E-state index in [1.165, 1.54) is 0 Å². The van der Waals surface area contributed by atoms with Crippen molar-refractivity contribution in [2.75, 3.05) is 13.2 Å². The lowest BCUT2D eigenvalue weighted by Gasteiger charge is -2.32. The van der Waals surface area contributed by atoms with E-state index in [1.807, 2.05) is 24.3 Å². The third-order valence-corrected chi connectivity index (χ3v) is 6.51. The summed E-state index contributed by atoms with van der Waals surface area (Å²) in [6.45, 7) is 4.94. The van der Waals surface area contributed by atoms with Crippen LogP contribution in [0.2, 0.25) is 0 Å². The van der Waals surface area contributed by atoms with Crippen molar-refractivity contribution in [1.29, 1.82) is 0 Å². The average molecular weight is 486 g/mol. The number of benzene rings is 3. The first kappa shape index (κ1) is 23.7. The van der Waals surface area contributed by atoms with Crippen LogP contribution in [0.4, 0.5) is 0 Å². The summed E-state index contributed by atoms with van der Waals surface area (Å²) in [7, 11) is 0. The molecular formula is C28H27N3O5. The number of aromatic nitrogens is 2. The number of aryl methyl sites for hydroxylation is 1. The second-order valence-electron chi connectivity index (χ2n) is 9.23. The Balaban J connectivity index is 1.44. The molecule has 0 saturated heterocycles. The molecule has 1 aliphatic heterocycles. The van der Waals surface area contributed by atoms with Crippen LogP contribution in [0.5, 0.6) is 0 Å². The minimum Gasteiger partial charge on any atom is -0.478 e. The maximum Gasteiger partial charge on any atom is 0.335 e. The zero-order chi connectivity index (χ0) is 25.2. The molecule has 0 fully saturated rings. The fourth-order valence-electron chi connectivity index (χ4n) is 4.77. The predicted molar refractivity (Wildman–Crippen MR) is 134 cm³/mol. The Morgan fingerprint density at radius 3 is 2.08 bits per heavy atom. The van der Waals surface area contributed by atoms with E-state index in [4.69, 9.17) is 9.72 Å². The number of aromatic carboxylic acids is 2. The summed E-state index contributed by atoms with van der Waals surface area (Å²) in [6.07, 6.45) is 0. The molecule has 1 aliphatic rings. The molecule has 0 unspecified atom stereocenters. The van der Waals surface area contributed by atoms with Crippen molar-refractivity contribution >= 4 is 23.0 Å². The Morgan fingerprint density at radius 1 is 0.944 bits per heavy atom. The molecule has 2 heterocycles. The Kier molecular flexibility index (Phi) is 6.54. The number of ether oxygens (including phenoxy) is 1. The van der Waals surface area contributed by atoms with E-state index in [-0.39, 0.29) is 17.2 Å². The van der Waals surface area contributed by atoms with Crippen LogP contribution in [-0.2, 0) is 24.4 Å². The normalized spacial score (nSPS) is 15.2. The Morgan fingerprint density at radius 2 is 1.53 bits per heavy atom. The van der Waals surface area contributed by atoms with E-state index in [0.717, 1.165) is 33.5 Å². The molecule has 0 amide bonds. The highest BCUT2D eigenvalue weighted by atomic mass is 16.5. The van der Waals surface area contributed by atoms with Gasteiger partial charge in [-0.2, -0.15) is 0 Å². The van der Waals surface area contributed by atoms with E-state index >= 15 is 0 Å². The Hall–Kier alpha value is -4.01. The van der Waals surface area contributed by atoms with Gasteiger partial charge in [0.1, 0.15) is 12.4 Å². The van der Waals surface area contributed by atoms with Gasteiger partial charge in [-0.25, -0.2) is 14.6 Å². The largest absolute Gasteiger partial charge is 0.478 e. The molecule has 0 aliphatic carbocycles. The van der Waals surface area contributed by atoms with Crippen molar-refractivity contribution in [2.45, 2.75) is 32.7 Å². The first-order valence-corrected chi connectivity index (χ1v) is 11.8. The second-order valence-corrected chi connectivity index (χ2v) is 9.23. The van der Waals surface area contributed by atoms with Crippen LogP contribution in [0, 0.1) is 6.92 Å². The van der Waals surface area contributed by atoms with Crippen LogP contribution in [-0.4, -0.2) is 49.8 Å². The average Bonchev–Trinajstić information content (AvgIpc) is 3.23. The molecule has 0 saturated carbocycles. The van der Waals surface area contributed by atoms with Gasteiger partial charge in [0.15, 0.2) is 0 Å². The predicted octanol–water partition coefficient (Wildman–Crippen LogP) is 4.51. The maximum absolute atomic E-state index is 11.3. The topological polar surface area (TPSA) is 105 Å².